The standard InChI is InChI=1S/C27H37ClF3N3O2/c1-32(2)24(35)22-7-6-21(18-23(22)28)33-14-8-19(9-15-33)20-10-16-34(17-11-20)25(36)26(27(29,30)31)12-4-3-5-13-26/h6-7,18-20H,3-5,8-17H2,1-2H3. The number of amides is 2. The third-order valence-electron chi connectivity index (χ3n) is 8.65. The van der Waals surface area contributed by atoms with Gasteiger partial charge >= 0.3 is 6.18 Å². The molecule has 36 heavy (non-hydrogen) atoms. The number of rotatable bonds is 4. The lowest BCUT2D eigenvalue weighted by Crippen LogP contribution is -2.55. The summed E-state index contributed by atoms with van der Waals surface area (Å²) in [5, 5.41) is 0.444. The van der Waals surface area contributed by atoms with Crippen LogP contribution >= 0.6 is 11.6 Å². The molecule has 0 unspecified atom stereocenters. The SMILES string of the molecule is CN(C)C(=O)c1ccc(N2CCC(C3CCN(C(=O)C4(C(F)(F)F)CCCCC4)CC3)CC2)cc1Cl. The van der Waals surface area contributed by atoms with Gasteiger partial charge in [-0.25, -0.2) is 0 Å². The first kappa shape index (κ1) is 27.1. The zero-order chi connectivity index (χ0) is 26.1. The highest BCUT2D eigenvalue weighted by atomic mass is 35.5. The highest BCUT2D eigenvalue weighted by Gasteiger charge is 2.61. The molecule has 3 aliphatic rings. The fourth-order valence-electron chi connectivity index (χ4n) is 6.39. The monoisotopic (exact) mass is 527 g/mol. The Hall–Kier alpha value is -1.96. The molecule has 2 amide bonds. The maximum atomic E-state index is 14.0. The van der Waals surface area contributed by atoms with Crippen molar-refractivity contribution in [3.8, 4) is 0 Å². The minimum atomic E-state index is -4.48. The van der Waals surface area contributed by atoms with Gasteiger partial charge in [0, 0.05) is 46.0 Å². The van der Waals surface area contributed by atoms with Crippen LogP contribution in [0.1, 0.15) is 68.1 Å². The van der Waals surface area contributed by atoms with E-state index in [1.165, 1.54) is 9.80 Å². The van der Waals surface area contributed by atoms with Gasteiger partial charge < -0.3 is 14.7 Å². The number of nitrogens with zero attached hydrogens (tertiary/aromatic N) is 3. The average molecular weight is 528 g/mol. The Kier molecular flexibility index (Phi) is 8.13. The molecule has 200 valence electrons. The van der Waals surface area contributed by atoms with Gasteiger partial charge in [0.15, 0.2) is 0 Å². The lowest BCUT2D eigenvalue weighted by molar-refractivity contribution is -0.236. The first-order chi connectivity index (χ1) is 17.0. The second kappa shape index (κ2) is 10.8. The summed E-state index contributed by atoms with van der Waals surface area (Å²) in [5.41, 5.74) is -0.682. The van der Waals surface area contributed by atoms with Crippen molar-refractivity contribution in [2.75, 3.05) is 45.2 Å². The van der Waals surface area contributed by atoms with Gasteiger partial charge in [-0.2, -0.15) is 13.2 Å². The lowest BCUT2D eigenvalue weighted by atomic mass is 9.71. The lowest BCUT2D eigenvalue weighted by Gasteiger charge is -2.45. The molecule has 2 heterocycles. The first-order valence-corrected chi connectivity index (χ1v) is 13.5. The molecule has 3 fully saturated rings. The van der Waals surface area contributed by atoms with Crippen molar-refractivity contribution in [2.24, 2.45) is 17.3 Å². The molecule has 1 saturated carbocycles. The van der Waals surface area contributed by atoms with Crippen molar-refractivity contribution in [1.29, 1.82) is 0 Å². The Morgan fingerprint density at radius 1 is 0.944 bits per heavy atom. The van der Waals surface area contributed by atoms with E-state index in [1.807, 2.05) is 12.1 Å². The summed E-state index contributed by atoms with van der Waals surface area (Å²) in [6, 6.07) is 5.57. The van der Waals surface area contributed by atoms with Crippen LogP contribution in [0.5, 0.6) is 0 Å². The molecule has 0 spiro atoms. The summed E-state index contributed by atoms with van der Waals surface area (Å²) < 4.78 is 42.0. The van der Waals surface area contributed by atoms with Gasteiger partial charge in [-0.05, 0) is 68.6 Å². The largest absolute Gasteiger partial charge is 0.403 e. The number of benzene rings is 1. The van der Waals surface area contributed by atoms with E-state index in [-0.39, 0.29) is 18.7 Å². The molecule has 1 aliphatic carbocycles. The van der Waals surface area contributed by atoms with Crippen LogP contribution in [-0.2, 0) is 4.79 Å². The number of hydrogen-bond acceptors (Lipinski definition) is 3. The number of carbonyl (C=O) groups is 2. The molecule has 1 aromatic carbocycles. The van der Waals surface area contributed by atoms with Crippen molar-refractivity contribution in [2.45, 2.75) is 64.0 Å². The first-order valence-electron chi connectivity index (χ1n) is 13.2. The second-order valence-corrected chi connectivity index (χ2v) is 11.4. The predicted molar refractivity (Wildman–Crippen MR) is 135 cm³/mol. The molecule has 9 heteroatoms. The molecule has 0 bridgehead atoms. The minimum absolute atomic E-state index is 0.0674. The highest BCUT2D eigenvalue weighted by molar-refractivity contribution is 6.34. The van der Waals surface area contributed by atoms with Crippen LogP contribution < -0.4 is 4.90 Å². The molecule has 0 radical (unpaired) electrons. The van der Waals surface area contributed by atoms with Crippen molar-refractivity contribution in [3.63, 3.8) is 0 Å². The van der Waals surface area contributed by atoms with E-state index >= 15 is 0 Å². The molecule has 5 nitrogen and oxygen atoms in total. The van der Waals surface area contributed by atoms with Crippen molar-refractivity contribution in [1.82, 2.24) is 9.80 Å². The molecule has 4 rings (SSSR count). The van der Waals surface area contributed by atoms with Gasteiger partial charge in [0.1, 0.15) is 5.41 Å². The van der Waals surface area contributed by atoms with E-state index in [9.17, 15) is 22.8 Å². The van der Waals surface area contributed by atoms with Gasteiger partial charge in [0.05, 0.1) is 10.6 Å². The quantitative estimate of drug-likeness (QED) is 0.481. The van der Waals surface area contributed by atoms with Gasteiger partial charge in [0.25, 0.3) is 5.91 Å². The summed E-state index contributed by atoms with van der Waals surface area (Å²) in [5.74, 6) is 0.138. The van der Waals surface area contributed by atoms with Crippen LogP contribution in [0.3, 0.4) is 0 Å². The highest BCUT2D eigenvalue weighted by Crippen LogP contribution is 2.50. The van der Waals surface area contributed by atoms with Crippen molar-refractivity contribution >= 4 is 29.1 Å². The third-order valence-corrected chi connectivity index (χ3v) is 8.96. The molecular formula is C27H37ClF3N3O2. The van der Waals surface area contributed by atoms with Gasteiger partial charge in [-0.3, -0.25) is 9.59 Å². The molecule has 0 aromatic heterocycles. The number of likely N-dealkylation sites (tertiary alicyclic amines) is 1. The van der Waals surface area contributed by atoms with Crippen LogP contribution in [0.15, 0.2) is 18.2 Å². The molecule has 2 aliphatic heterocycles. The maximum Gasteiger partial charge on any atom is 0.403 e. The number of anilines is 1. The van der Waals surface area contributed by atoms with Crippen molar-refractivity contribution in [3.05, 3.63) is 28.8 Å². The number of hydrogen-bond donors (Lipinski definition) is 0. The van der Waals surface area contributed by atoms with E-state index in [0.29, 0.717) is 48.4 Å². The predicted octanol–water partition coefficient (Wildman–Crippen LogP) is 6.01. The van der Waals surface area contributed by atoms with E-state index < -0.39 is 17.5 Å². The van der Waals surface area contributed by atoms with E-state index in [0.717, 1.165) is 50.9 Å². The molecule has 0 atom stereocenters. The Balaban J connectivity index is 1.31. The Labute approximate surface area is 216 Å². The van der Waals surface area contributed by atoms with Crippen LogP contribution in [0.2, 0.25) is 5.02 Å². The Morgan fingerprint density at radius 2 is 1.50 bits per heavy atom. The van der Waals surface area contributed by atoms with Crippen LogP contribution in [0.25, 0.3) is 0 Å². The van der Waals surface area contributed by atoms with Gasteiger partial charge in [0.2, 0.25) is 5.91 Å². The van der Waals surface area contributed by atoms with Crippen LogP contribution in [0, 0.1) is 17.3 Å². The molecule has 1 aromatic rings. The fourth-order valence-corrected chi connectivity index (χ4v) is 6.65. The Bertz CT molecular complexity index is 946. The number of piperidine rings is 2. The summed E-state index contributed by atoms with van der Waals surface area (Å²) in [4.78, 5) is 30.6. The normalized spacial score (nSPS) is 21.9. The average Bonchev–Trinajstić information content (AvgIpc) is 2.87. The summed E-state index contributed by atoms with van der Waals surface area (Å²) in [6.45, 7) is 2.60. The zero-order valence-electron chi connectivity index (χ0n) is 21.2. The van der Waals surface area contributed by atoms with E-state index in [1.54, 1.807) is 20.2 Å². The third kappa shape index (κ3) is 5.34. The van der Waals surface area contributed by atoms with Crippen LogP contribution in [0.4, 0.5) is 18.9 Å². The van der Waals surface area contributed by atoms with E-state index in [4.69, 9.17) is 11.6 Å². The summed E-state index contributed by atoms with van der Waals surface area (Å²) in [6.07, 6.45) is 0.660. The minimum Gasteiger partial charge on any atom is -0.371 e. The molecular weight excluding hydrogens is 491 g/mol. The summed E-state index contributed by atoms with van der Waals surface area (Å²) in [7, 11) is 3.39. The molecule has 0 N–H and O–H groups in total. The van der Waals surface area contributed by atoms with E-state index in [2.05, 4.69) is 4.90 Å². The van der Waals surface area contributed by atoms with Gasteiger partial charge in [-0.15, -0.1) is 0 Å². The second-order valence-electron chi connectivity index (χ2n) is 11.0. The number of alkyl halides is 3. The molecule has 2 saturated heterocycles. The number of carbonyl (C=O) groups excluding carboxylic acids is 2. The fraction of sp³-hybridized carbons (Fsp3) is 0.704. The van der Waals surface area contributed by atoms with Gasteiger partial charge in [-0.1, -0.05) is 30.9 Å². The van der Waals surface area contributed by atoms with Crippen molar-refractivity contribution < 1.29 is 22.8 Å². The topological polar surface area (TPSA) is 43.9 Å². The maximum absolute atomic E-state index is 14.0. The van der Waals surface area contributed by atoms with Crippen LogP contribution in [-0.4, -0.2) is 68.1 Å². The number of halogens is 4. The smallest absolute Gasteiger partial charge is 0.371 e. The summed E-state index contributed by atoms with van der Waals surface area (Å²) >= 11 is 6.39. The Morgan fingerprint density at radius 3 is 2.00 bits per heavy atom. The zero-order valence-corrected chi connectivity index (χ0v) is 22.0.